The number of hydrogen-bond donors (Lipinski definition) is 2. The number of esters is 1. The number of imide groups is 1. The van der Waals surface area contributed by atoms with E-state index >= 15 is 0 Å². The molecule has 0 radical (unpaired) electrons. The quantitative estimate of drug-likeness (QED) is 0.805. The van der Waals surface area contributed by atoms with Gasteiger partial charge in [0.25, 0.3) is 5.91 Å². The van der Waals surface area contributed by atoms with E-state index in [2.05, 4.69) is 4.74 Å². The number of phenolic OH excluding ortho intramolecular Hbond substituents is 1. The Morgan fingerprint density at radius 1 is 1.30 bits per heavy atom. The number of nitrogens with one attached hydrogen (secondary N) is 1. The molecule has 2 amide bonds. The van der Waals surface area contributed by atoms with Gasteiger partial charge >= 0.3 is 12.1 Å². The van der Waals surface area contributed by atoms with Gasteiger partial charge in [-0.3, -0.25) is 10.1 Å². The second-order valence-electron chi connectivity index (χ2n) is 4.05. The van der Waals surface area contributed by atoms with Crippen LogP contribution in [0, 0.1) is 6.92 Å². The van der Waals surface area contributed by atoms with E-state index in [1.807, 2.05) is 5.32 Å². The molecular formula is C13H15NO6. The van der Waals surface area contributed by atoms with Gasteiger partial charge in [0.2, 0.25) is 0 Å². The Morgan fingerprint density at radius 2 is 1.95 bits per heavy atom. The molecule has 108 valence electrons. The standard InChI is InChI=1S/C13H15NO6/c1-7-4-5-9(10(15)6-7)12(17)20-8(2)11(16)14-13(18)19-3/h4-6,8,15H,1-3H3,(H,14,16,18)/t8-/m1/s1. The molecule has 1 aromatic rings. The molecule has 1 rings (SSSR count). The summed E-state index contributed by atoms with van der Waals surface area (Å²) in [5.41, 5.74) is 0.712. The van der Waals surface area contributed by atoms with Crippen LogP contribution in [0.1, 0.15) is 22.8 Å². The van der Waals surface area contributed by atoms with Gasteiger partial charge in [-0.1, -0.05) is 6.07 Å². The van der Waals surface area contributed by atoms with Crippen LogP contribution in [-0.4, -0.2) is 36.3 Å². The zero-order valence-corrected chi connectivity index (χ0v) is 11.3. The van der Waals surface area contributed by atoms with Gasteiger partial charge in [-0.25, -0.2) is 9.59 Å². The second-order valence-corrected chi connectivity index (χ2v) is 4.05. The summed E-state index contributed by atoms with van der Waals surface area (Å²) in [7, 11) is 1.10. The van der Waals surface area contributed by atoms with Crippen molar-refractivity contribution >= 4 is 18.0 Å². The summed E-state index contributed by atoms with van der Waals surface area (Å²) < 4.78 is 9.09. The van der Waals surface area contributed by atoms with Crippen LogP contribution in [0.5, 0.6) is 5.75 Å². The van der Waals surface area contributed by atoms with E-state index in [9.17, 15) is 19.5 Å². The average molecular weight is 281 g/mol. The van der Waals surface area contributed by atoms with Crippen LogP contribution in [-0.2, 0) is 14.3 Å². The van der Waals surface area contributed by atoms with Gasteiger partial charge in [-0.2, -0.15) is 0 Å². The van der Waals surface area contributed by atoms with E-state index in [1.165, 1.54) is 19.1 Å². The lowest BCUT2D eigenvalue weighted by Gasteiger charge is -2.13. The first-order chi connectivity index (χ1) is 9.35. The maximum Gasteiger partial charge on any atom is 0.413 e. The molecule has 2 N–H and O–H groups in total. The Hall–Kier alpha value is -2.57. The molecule has 0 spiro atoms. The van der Waals surface area contributed by atoms with Crippen LogP contribution in [0.2, 0.25) is 0 Å². The van der Waals surface area contributed by atoms with Crippen molar-refractivity contribution in [2.24, 2.45) is 0 Å². The van der Waals surface area contributed by atoms with Crippen LogP contribution < -0.4 is 5.32 Å². The molecule has 0 heterocycles. The first kappa shape index (κ1) is 15.5. The Bertz CT molecular complexity index is 540. The van der Waals surface area contributed by atoms with Crippen molar-refractivity contribution in [1.82, 2.24) is 5.32 Å². The SMILES string of the molecule is COC(=O)NC(=O)[C@@H](C)OC(=O)c1ccc(C)cc1O. The summed E-state index contributed by atoms with van der Waals surface area (Å²) in [5, 5.41) is 11.5. The first-order valence-corrected chi connectivity index (χ1v) is 5.74. The summed E-state index contributed by atoms with van der Waals surface area (Å²) in [4.78, 5) is 34.1. The van der Waals surface area contributed by atoms with Gasteiger partial charge < -0.3 is 14.6 Å². The number of methoxy groups -OCH3 is 1. The smallest absolute Gasteiger partial charge is 0.413 e. The maximum absolute atomic E-state index is 11.8. The van der Waals surface area contributed by atoms with Crippen molar-refractivity contribution in [2.75, 3.05) is 7.11 Å². The first-order valence-electron chi connectivity index (χ1n) is 5.74. The summed E-state index contributed by atoms with van der Waals surface area (Å²) in [5.74, 6) is -1.93. The number of carbonyl (C=O) groups excluding carboxylic acids is 3. The van der Waals surface area contributed by atoms with Crippen molar-refractivity contribution in [3.05, 3.63) is 29.3 Å². The summed E-state index contributed by atoms with van der Waals surface area (Å²) >= 11 is 0. The zero-order chi connectivity index (χ0) is 15.3. The number of aromatic hydroxyl groups is 1. The molecule has 0 aliphatic rings. The maximum atomic E-state index is 11.8. The monoisotopic (exact) mass is 281 g/mol. The predicted octanol–water partition coefficient (Wildman–Crippen LogP) is 1.13. The number of amides is 2. The molecule has 0 saturated carbocycles. The Balaban J connectivity index is 2.70. The minimum absolute atomic E-state index is 0.0617. The molecule has 0 fully saturated rings. The average Bonchev–Trinajstić information content (AvgIpc) is 2.37. The fraction of sp³-hybridized carbons (Fsp3) is 0.308. The van der Waals surface area contributed by atoms with E-state index < -0.39 is 24.1 Å². The van der Waals surface area contributed by atoms with E-state index in [4.69, 9.17) is 4.74 Å². The van der Waals surface area contributed by atoms with Gasteiger partial charge in [0.1, 0.15) is 11.3 Å². The molecule has 0 aliphatic carbocycles. The zero-order valence-electron chi connectivity index (χ0n) is 11.3. The number of ether oxygens (including phenoxy) is 2. The number of carbonyl (C=O) groups is 3. The van der Waals surface area contributed by atoms with Crippen LogP contribution >= 0.6 is 0 Å². The van der Waals surface area contributed by atoms with Gasteiger partial charge in [-0.05, 0) is 31.5 Å². The molecule has 1 aromatic carbocycles. The Kier molecular flexibility index (Phi) is 5.08. The van der Waals surface area contributed by atoms with Crippen LogP contribution in [0.25, 0.3) is 0 Å². The van der Waals surface area contributed by atoms with Crippen LogP contribution in [0.3, 0.4) is 0 Å². The van der Waals surface area contributed by atoms with Gasteiger partial charge in [0.15, 0.2) is 6.10 Å². The predicted molar refractivity (Wildman–Crippen MR) is 68.3 cm³/mol. The summed E-state index contributed by atoms with van der Waals surface area (Å²) in [6, 6.07) is 4.41. The number of aryl methyl sites for hydroxylation is 1. The molecule has 7 heteroatoms. The number of alkyl carbamates (subject to hydrolysis) is 1. The minimum atomic E-state index is -1.21. The Labute approximate surface area is 115 Å². The van der Waals surface area contributed by atoms with Gasteiger partial charge in [-0.15, -0.1) is 0 Å². The molecule has 7 nitrogen and oxygen atoms in total. The molecule has 0 bridgehead atoms. The largest absolute Gasteiger partial charge is 0.507 e. The molecule has 20 heavy (non-hydrogen) atoms. The fourth-order valence-electron chi connectivity index (χ4n) is 1.35. The normalized spacial score (nSPS) is 11.3. The summed E-state index contributed by atoms with van der Waals surface area (Å²) in [6.45, 7) is 3.04. The lowest BCUT2D eigenvalue weighted by Crippen LogP contribution is -2.39. The molecular weight excluding hydrogens is 266 g/mol. The molecule has 0 unspecified atom stereocenters. The highest BCUT2D eigenvalue weighted by atomic mass is 16.6. The number of hydrogen-bond acceptors (Lipinski definition) is 6. The lowest BCUT2D eigenvalue weighted by molar-refractivity contribution is -0.128. The highest BCUT2D eigenvalue weighted by Gasteiger charge is 2.22. The number of benzene rings is 1. The molecule has 0 aliphatic heterocycles. The third kappa shape index (κ3) is 3.98. The van der Waals surface area contributed by atoms with Crippen molar-refractivity contribution < 1.29 is 29.0 Å². The third-order valence-electron chi connectivity index (χ3n) is 2.44. The second kappa shape index (κ2) is 6.55. The van der Waals surface area contributed by atoms with E-state index in [1.54, 1.807) is 13.0 Å². The van der Waals surface area contributed by atoms with Crippen LogP contribution in [0.15, 0.2) is 18.2 Å². The van der Waals surface area contributed by atoms with Crippen molar-refractivity contribution in [3.8, 4) is 5.75 Å². The van der Waals surface area contributed by atoms with Crippen LogP contribution in [0.4, 0.5) is 4.79 Å². The highest BCUT2D eigenvalue weighted by Crippen LogP contribution is 2.19. The van der Waals surface area contributed by atoms with Gasteiger partial charge in [0, 0.05) is 0 Å². The molecule has 1 atom stereocenters. The van der Waals surface area contributed by atoms with E-state index in [-0.39, 0.29) is 11.3 Å². The van der Waals surface area contributed by atoms with Gasteiger partial charge in [0.05, 0.1) is 7.11 Å². The highest BCUT2D eigenvalue weighted by molar-refractivity contribution is 5.97. The Morgan fingerprint density at radius 3 is 2.50 bits per heavy atom. The number of phenols is 1. The van der Waals surface area contributed by atoms with Crippen molar-refractivity contribution in [3.63, 3.8) is 0 Å². The minimum Gasteiger partial charge on any atom is -0.507 e. The number of rotatable bonds is 3. The third-order valence-corrected chi connectivity index (χ3v) is 2.44. The lowest BCUT2D eigenvalue weighted by atomic mass is 10.1. The van der Waals surface area contributed by atoms with Crippen molar-refractivity contribution in [1.29, 1.82) is 0 Å². The fourth-order valence-corrected chi connectivity index (χ4v) is 1.35. The van der Waals surface area contributed by atoms with Crippen molar-refractivity contribution in [2.45, 2.75) is 20.0 Å². The topological polar surface area (TPSA) is 102 Å². The van der Waals surface area contributed by atoms with E-state index in [0.717, 1.165) is 12.7 Å². The summed E-state index contributed by atoms with van der Waals surface area (Å²) in [6.07, 6.45) is -2.15. The molecule has 0 aromatic heterocycles. The molecule has 0 saturated heterocycles. The van der Waals surface area contributed by atoms with E-state index in [0.29, 0.717) is 0 Å².